The van der Waals surface area contributed by atoms with Crippen LogP contribution < -0.4 is 20.3 Å². The molecule has 29 heavy (non-hydrogen) atoms. The fourth-order valence-corrected chi connectivity index (χ4v) is 2.69. The van der Waals surface area contributed by atoms with E-state index in [0.29, 0.717) is 22.9 Å². The summed E-state index contributed by atoms with van der Waals surface area (Å²) in [6.07, 6.45) is 2.47. The first kappa shape index (κ1) is 22.5. The van der Waals surface area contributed by atoms with Crippen molar-refractivity contribution in [3.05, 3.63) is 70.4 Å². The average Bonchev–Trinajstić information content (AvgIpc) is 2.72. The fraction of sp³-hybridized carbons (Fsp3) is 0.273. The topological polar surface area (TPSA) is 71.9 Å². The highest BCUT2D eigenvalue weighted by Crippen LogP contribution is 2.14. The molecular weight excluding hydrogens is 390 g/mol. The zero-order valence-corrected chi connectivity index (χ0v) is 17.7. The van der Waals surface area contributed by atoms with Crippen LogP contribution in [0.25, 0.3) is 6.08 Å². The molecule has 0 fully saturated rings. The number of amides is 2. The summed E-state index contributed by atoms with van der Waals surface area (Å²) in [6, 6.07) is 13.7. The van der Waals surface area contributed by atoms with Gasteiger partial charge in [-0.3, -0.25) is 9.59 Å². The molecule has 0 aliphatic rings. The predicted octanol–water partition coefficient (Wildman–Crippen LogP) is 1.77. The molecule has 0 bridgehead atoms. The minimum absolute atomic E-state index is 0.172. The molecule has 0 saturated heterocycles. The summed E-state index contributed by atoms with van der Waals surface area (Å²) in [5.41, 5.74) is 1.36. The van der Waals surface area contributed by atoms with Crippen LogP contribution in [-0.4, -0.2) is 46.1 Å². The lowest BCUT2D eigenvalue weighted by Crippen LogP contribution is -3.05. The van der Waals surface area contributed by atoms with Gasteiger partial charge in [0.2, 0.25) is 0 Å². The zero-order chi connectivity index (χ0) is 21.2. The van der Waals surface area contributed by atoms with Gasteiger partial charge in [0, 0.05) is 23.6 Å². The summed E-state index contributed by atoms with van der Waals surface area (Å²) in [5, 5.41) is 6.18. The molecule has 6 nitrogen and oxygen atoms in total. The normalized spacial score (nSPS) is 11.3. The van der Waals surface area contributed by atoms with E-state index in [0.717, 1.165) is 18.5 Å². The van der Waals surface area contributed by atoms with E-state index < -0.39 is 0 Å². The van der Waals surface area contributed by atoms with Crippen LogP contribution in [0.15, 0.2) is 54.2 Å². The lowest BCUT2D eigenvalue weighted by Gasteiger charge is -2.12. The van der Waals surface area contributed by atoms with Gasteiger partial charge in [0.25, 0.3) is 11.8 Å². The second-order valence-corrected chi connectivity index (χ2v) is 7.30. The number of benzene rings is 2. The van der Waals surface area contributed by atoms with E-state index in [-0.39, 0.29) is 17.5 Å². The van der Waals surface area contributed by atoms with E-state index in [4.69, 9.17) is 16.3 Å². The largest absolute Gasteiger partial charge is 0.497 e. The van der Waals surface area contributed by atoms with Crippen LogP contribution in [-0.2, 0) is 4.79 Å². The molecule has 2 rings (SSSR count). The summed E-state index contributed by atoms with van der Waals surface area (Å²) in [5.74, 6) is -0.0597. The Labute approximate surface area is 176 Å². The van der Waals surface area contributed by atoms with Gasteiger partial charge >= 0.3 is 0 Å². The molecule has 0 radical (unpaired) electrons. The van der Waals surface area contributed by atoms with Crippen molar-refractivity contribution in [2.45, 2.75) is 6.42 Å². The second kappa shape index (κ2) is 11.2. The van der Waals surface area contributed by atoms with Crippen molar-refractivity contribution >= 4 is 29.5 Å². The van der Waals surface area contributed by atoms with Gasteiger partial charge in [0.15, 0.2) is 0 Å². The van der Waals surface area contributed by atoms with Crippen molar-refractivity contribution in [2.24, 2.45) is 0 Å². The van der Waals surface area contributed by atoms with Gasteiger partial charge in [0.1, 0.15) is 11.4 Å². The van der Waals surface area contributed by atoms with Gasteiger partial charge in [-0.05, 0) is 48.0 Å². The number of methoxy groups -OCH3 is 1. The lowest BCUT2D eigenvalue weighted by atomic mass is 10.1. The maximum absolute atomic E-state index is 12.7. The third kappa shape index (κ3) is 7.60. The Morgan fingerprint density at radius 3 is 2.31 bits per heavy atom. The molecule has 2 aromatic carbocycles. The highest BCUT2D eigenvalue weighted by molar-refractivity contribution is 6.30. The quantitative estimate of drug-likeness (QED) is 0.431. The molecule has 3 N–H and O–H groups in total. The highest BCUT2D eigenvalue weighted by Gasteiger charge is 2.15. The molecule has 7 heteroatoms. The zero-order valence-electron chi connectivity index (χ0n) is 16.9. The van der Waals surface area contributed by atoms with Gasteiger partial charge < -0.3 is 20.3 Å². The average molecular weight is 417 g/mol. The van der Waals surface area contributed by atoms with Crippen molar-refractivity contribution in [1.82, 2.24) is 10.6 Å². The summed E-state index contributed by atoms with van der Waals surface area (Å²) >= 11 is 5.93. The Morgan fingerprint density at radius 2 is 1.72 bits per heavy atom. The number of quaternary nitrogens is 1. The number of hydrogen-bond acceptors (Lipinski definition) is 3. The van der Waals surface area contributed by atoms with E-state index >= 15 is 0 Å². The van der Waals surface area contributed by atoms with Crippen molar-refractivity contribution in [2.75, 3.05) is 34.3 Å². The van der Waals surface area contributed by atoms with Gasteiger partial charge in [-0.1, -0.05) is 23.7 Å². The van der Waals surface area contributed by atoms with E-state index in [1.54, 1.807) is 61.7 Å². The molecule has 0 saturated carbocycles. The molecule has 2 amide bonds. The Hall–Kier alpha value is -2.83. The monoisotopic (exact) mass is 416 g/mol. The van der Waals surface area contributed by atoms with Gasteiger partial charge in [0.05, 0.1) is 27.7 Å². The summed E-state index contributed by atoms with van der Waals surface area (Å²) in [4.78, 5) is 26.6. The number of rotatable bonds is 9. The predicted molar refractivity (Wildman–Crippen MR) is 115 cm³/mol. The van der Waals surface area contributed by atoms with E-state index in [2.05, 4.69) is 24.7 Å². The molecular formula is C22H27ClN3O3+. The van der Waals surface area contributed by atoms with Gasteiger partial charge in [-0.25, -0.2) is 0 Å². The van der Waals surface area contributed by atoms with E-state index in [1.807, 2.05) is 0 Å². The Morgan fingerprint density at radius 1 is 1.07 bits per heavy atom. The molecule has 0 aromatic heterocycles. The number of halogens is 1. The molecule has 0 spiro atoms. The highest BCUT2D eigenvalue weighted by atomic mass is 35.5. The van der Waals surface area contributed by atoms with Crippen LogP contribution in [0.5, 0.6) is 5.75 Å². The van der Waals surface area contributed by atoms with Crippen LogP contribution in [0.3, 0.4) is 0 Å². The number of carbonyl (C=O) groups excluding carboxylic acids is 2. The third-order valence-corrected chi connectivity index (χ3v) is 4.42. The lowest BCUT2D eigenvalue weighted by molar-refractivity contribution is -0.858. The SMILES string of the molecule is COc1ccc(C(=O)N/C(=C\c2ccc(Cl)cc2)C(=O)NCCC[NH+](C)C)cc1. The van der Waals surface area contributed by atoms with E-state index in [1.165, 1.54) is 4.90 Å². The van der Waals surface area contributed by atoms with Gasteiger partial charge in [-0.15, -0.1) is 0 Å². The first-order chi connectivity index (χ1) is 13.9. The first-order valence-electron chi connectivity index (χ1n) is 9.39. The molecule has 0 heterocycles. The van der Waals surface area contributed by atoms with Crippen molar-refractivity contribution in [1.29, 1.82) is 0 Å². The van der Waals surface area contributed by atoms with Crippen LogP contribution in [0, 0.1) is 0 Å². The maximum atomic E-state index is 12.7. The molecule has 2 aromatic rings. The van der Waals surface area contributed by atoms with Crippen LogP contribution >= 0.6 is 11.6 Å². The van der Waals surface area contributed by atoms with Crippen molar-refractivity contribution in [3.8, 4) is 5.75 Å². The fourth-order valence-electron chi connectivity index (χ4n) is 2.56. The maximum Gasteiger partial charge on any atom is 0.267 e. The summed E-state index contributed by atoms with van der Waals surface area (Å²) in [6.45, 7) is 1.47. The molecule has 0 aliphatic carbocycles. The number of carbonyl (C=O) groups is 2. The van der Waals surface area contributed by atoms with Crippen LogP contribution in [0.4, 0.5) is 0 Å². The first-order valence-corrected chi connectivity index (χ1v) is 9.76. The summed E-state index contributed by atoms with van der Waals surface area (Å²) < 4.78 is 5.11. The Bertz CT molecular complexity index is 847. The molecule has 154 valence electrons. The Kier molecular flexibility index (Phi) is 8.70. The molecule has 0 unspecified atom stereocenters. The minimum atomic E-state index is -0.374. The van der Waals surface area contributed by atoms with Crippen LogP contribution in [0.1, 0.15) is 22.3 Å². The second-order valence-electron chi connectivity index (χ2n) is 6.86. The molecule has 0 atom stereocenters. The number of nitrogens with one attached hydrogen (secondary N) is 3. The number of ether oxygens (including phenoxy) is 1. The van der Waals surface area contributed by atoms with Crippen molar-refractivity contribution < 1.29 is 19.2 Å². The minimum Gasteiger partial charge on any atom is -0.497 e. The third-order valence-electron chi connectivity index (χ3n) is 4.17. The van der Waals surface area contributed by atoms with Crippen molar-refractivity contribution in [3.63, 3.8) is 0 Å². The standard InChI is InChI=1S/C22H26ClN3O3/c1-26(2)14-4-13-24-22(28)20(15-16-5-9-18(23)10-6-16)25-21(27)17-7-11-19(29-3)12-8-17/h5-12,15H,4,13-14H2,1-3H3,(H,24,28)(H,25,27)/p+1/b20-15-. The smallest absolute Gasteiger partial charge is 0.267 e. The van der Waals surface area contributed by atoms with Gasteiger partial charge in [-0.2, -0.15) is 0 Å². The Balaban J connectivity index is 2.15. The summed E-state index contributed by atoms with van der Waals surface area (Å²) in [7, 11) is 5.68. The number of hydrogen-bond donors (Lipinski definition) is 3. The van der Waals surface area contributed by atoms with E-state index in [9.17, 15) is 9.59 Å². The molecule has 0 aliphatic heterocycles. The van der Waals surface area contributed by atoms with Crippen LogP contribution in [0.2, 0.25) is 5.02 Å².